The smallest absolute Gasteiger partial charge is 0.213 e. The number of aromatic nitrogens is 4. The number of pyridine rings is 1. The van der Waals surface area contributed by atoms with E-state index in [1.165, 1.54) is 22.2 Å². The van der Waals surface area contributed by atoms with Gasteiger partial charge in [-0.25, -0.2) is 9.97 Å². The molecule has 3 N–H and O–H groups in total. The number of hydrogen-bond donors (Lipinski definition) is 3. The second-order valence-electron chi connectivity index (χ2n) is 8.66. The van der Waals surface area contributed by atoms with Crippen LogP contribution >= 0.6 is 0 Å². The van der Waals surface area contributed by atoms with Gasteiger partial charge in [0.1, 0.15) is 5.82 Å². The van der Waals surface area contributed by atoms with Gasteiger partial charge < -0.3 is 19.4 Å². The Morgan fingerprint density at radius 2 is 1.91 bits per heavy atom. The molecule has 2 atom stereocenters. The molecule has 3 aromatic heterocycles. The van der Waals surface area contributed by atoms with Crippen molar-refractivity contribution in [3.63, 3.8) is 0 Å². The first-order valence-corrected chi connectivity index (χ1v) is 11.3. The molecule has 0 saturated carbocycles. The zero-order valence-corrected chi connectivity index (χ0v) is 18.1. The summed E-state index contributed by atoms with van der Waals surface area (Å²) in [7, 11) is 1.63. The van der Waals surface area contributed by atoms with Crippen LogP contribution in [0.2, 0.25) is 0 Å². The molecule has 0 unspecified atom stereocenters. The Morgan fingerprint density at radius 1 is 1.03 bits per heavy atom. The predicted molar refractivity (Wildman–Crippen MR) is 123 cm³/mol. The Hall–Kier alpha value is -3.16. The number of hydrogen-bond acceptors (Lipinski definition) is 5. The van der Waals surface area contributed by atoms with Crippen molar-refractivity contribution in [3.8, 4) is 17.3 Å². The Kier molecular flexibility index (Phi) is 4.92. The van der Waals surface area contributed by atoms with E-state index in [1.54, 1.807) is 7.11 Å². The molecule has 164 valence electrons. The van der Waals surface area contributed by atoms with E-state index in [9.17, 15) is 0 Å². The van der Waals surface area contributed by atoms with E-state index < -0.39 is 0 Å². The van der Waals surface area contributed by atoms with E-state index >= 15 is 0 Å². The lowest BCUT2D eigenvalue weighted by Crippen LogP contribution is -2.39. The zero-order valence-electron chi connectivity index (χ0n) is 18.1. The SMILES string of the molecule is COc1cccc(-c2cnc([C@H]3Cc4c([nH]c5ccccc45)[C@@H](C4CCOCC4)N3)[nH]2)n1. The van der Waals surface area contributed by atoms with Crippen molar-refractivity contribution in [2.75, 3.05) is 20.3 Å². The summed E-state index contributed by atoms with van der Waals surface area (Å²) in [5.74, 6) is 2.07. The Balaban J connectivity index is 1.37. The minimum absolute atomic E-state index is 0.105. The molecule has 0 radical (unpaired) electrons. The van der Waals surface area contributed by atoms with Crippen LogP contribution in [0, 0.1) is 5.92 Å². The number of aromatic amines is 2. The van der Waals surface area contributed by atoms with Crippen molar-refractivity contribution in [2.24, 2.45) is 5.92 Å². The highest BCUT2D eigenvalue weighted by molar-refractivity contribution is 5.85. The van der Waals surface area contributed by atoms with E-state index in [1.807, 2.05) is 24.4 Å². The fourth-order valence-electron chi connectivity index (χ4n) is 5.19. The number of ether oxygens (including phenoxy) is 2. The summed E-state index contributed by atoms with van der Waals surface area (Å²) in [5.41, 5.74) is 5.66. The lowest BCUT2D eigenvalue weighted by atomic mass is 9.83. The maximum atomic E-state index is 5.65. The maximum absolute atomic E-state index is 5.65. The van der Waals surface area contributed by atoms with Gasteiger partial charge in [0.05, 0.1) is 36.8 Å². The predicted octanol–water partition coefficient (Wildman–Crippen LogP) is 4.32. The minimum atomic E-state index is 0.105. The topological polar surface area (TPSA) is 87.9 Å². The first kappa shape index (κ1) is 19.5. The van der Waals surface area contributed by atoms with E-state index in [4.69, 9.17) is 14.5 Å². The molecule has 32 heavy (non-hydrogen) atoms. The Morgan fingerprint density at radius 3 is 2.78 bits per heavy atom. The van der Waals surface area contributed by atoms with Crippen molar-refractivity contribution in [1.82, 2.24) is 25.3 Å². The van der Waals surface area contributed by atoms with E-state index in [0.29, 0.717) is 11.8 Å². The molecule has 1 aromatic carbocycles. The van der Waals surface area contributed by atoms with Gasteiger partial charge >= 0.3 is 0 Å². The Labute approximate surface area is 186 Å². The lowest BCUT2D eigenvalue weighted by Gasteiger charge is -2.37. The molecular weight excluding hydrogens is 402 g/mol. The summed E-state index contributed by atoms with van der Waals surface area (Å²) >= 11 is 0. The van der Waals surface area contributed by atoms with E-state index in [-0.39, 0.29) is 12.1 Å². The summed E-state index contributed by atoms with van der Waals surface area (Å²) in [6.45, 7) is 1.66. The number of benzene rings is 1. The molecule has 0 bridgehead atoms. The number of H-pyrrole nitrogens is 2. The molecule has 6 rings (SSSR count). The summed E-state index contributed by atoms with van der Waals surface area (Å²) in [6, 6.07) is 14.7. The van der Waals surface area contributed by atoms with Crippen LogP contribution in [-0.4, -0.2) is 40.3 Å². The quantitative estimate of drug-likeness (QED) is 0.450. The Bertz CT molecular complexity index is 1240. The maximum Gasteiger partial charge on any atom is 0.213 e. The van der Waals surface area contributed by atoms with Crippen molar-refractivity contribution in [2.45, 2.75) is 31.3 Å². The molecule has 2 aliphatic heterocycles. The molecule has 0 amide bonds. The average Bonchev–Trinajstić information content (AvgIpc) is 3.49. The molecule has 1 fully saturated rings. The summed E-state index contributed by atoms with van der Waals surface area (Å²) in [5, 5.41) is 5.23. The second kappa shape index (κ2) is 8.07. The first-order chi connectivity index (χ1) is 15.8. The number of nitrogens with zero attached hydrogens (tertiary/aromatic N) is 2. The highest BCUT2D eigenvalue weighted by Crippen LogP contribution is 2.41. The van der Waals surface area contributed by atoms with Crippen molar-refractivity contribution in [1.29, 1.82) is 0 Å². The van der Waals surface area contributed by atoms with Gasteiger partial charge in [-0.1, -0.05) is 24.3 Å². The largest absolute Gasteiger partial charge is 0.481 e. The third kappa shape index (κ3) is 3.38. The van der Waals surface area contributed by atoms with Gasteiger partial charge in [-0.05, 0) is 42.9 Å². The average molecular weight is 430 g/mol. The van der Waals surface area contributed by atoms with Crippen LogP contribution < -0.4 is 10.1 Å². The number of fused-ring (bicyclic) bond motifs is 3. The summed E-state index contributed by atoms with van der Waals surface area (Å²) in [4.78, 5) is 16.5. The van der Waals surface area contributed by atoms with E-state index in [0.717, 1.165) is 49.7 Å². The highest BCUT2D eigenvalue weighted by Gasteiger charge is 2.36. The van der Waals surface area contributed by atoms with Crippen LogP contribution in [0.3, 0.4) is 0 Å². The van der Waals surface area contributed by atoms with Gasteiger partial charge in [-0.15, -0.1) is 0 Å². The fraction of sp³-hybridized carbons (Fsp3) is 0.360. The molecule has 2 aliphatic rings. The van der Waals surface area contributed by atoms with Crippen LogP contribution in [0.15, 0.2) is 48.7 Å². The van der Waals surface area contributed by atoms with Crippen molar-refractivity contribution >= 4 is 10.9 Å². The van der Waals surface area contributed by atoms with Gasteiger partial charge in [-0.2, -0.15) is 0 Å². The first-order valence-electron chi connectivity index (χ1n) is 11.3. The van der Waals surface area contributed by atoms with Gasteiger partial charge in [-0.3, -0.25) is 5.32 Å². The molecule has 4 aromatic rings. The van der Waals surface area contributed by atoms with Crippen molar-refractivity contribution < 1.29 is 9.47 Å². The molecule has 0 spiro atoms. The third-order valence-corrected chi connectivity index (χ3v) is 6.82. The number of methoxy groups -OCH3 is 1. The van der Waals surface area contributed by atoms with Gasteiger partial charge in [0.25, 0.3) is 0 Å². The molecule has 1 saturated heterocycles. The lowest BCUT2D eigenvalue weighted by molar-refractivity contribution is 0.0497. The van der Waals surface area contributed by atoms with Crippen LogP contribution in [0.4, 0.5) is 0 Å². The number of rotatable bonds is 4. The minimum Gasteiger partial charge on any atom is -0.481 e. The molecular formula is C25H27N5O2. The van der Waals surface area contributed by atoms with Crippen molar-refractivity contribution in [3.05, 3.63) is 65.7 Å². The monoisotopic (exact) mass is 429 g/mol. The summed E-state index contributed by atoms with van der Waals surface area (Å²) < 4.78 is 10.9. The molecule has 0 aliphatic carbocycles. The summed E-state index contributed by atoms with van der Waals surface area (Å²) in [6.07, 6.45) is 4.89. The number of para-hydroxylation sites is 1. The zero-order chi connectivity index (χ0) is 21.5. The third-order valence-electron chi connectivity index (χ3n) is 6.82. The molecule has 5 heterocycles. The van der Waals surface area contributed by atoms with Crippen LogP contribution in [0.25, 0.3) is 22.3 Å². The number of nitrogens with one attached hydrogen (secondary N) is 3. The normalized spacial score (nSPS) is 21.5. The van der Waals surface area contributed by atoms with Crippen LogP contribution in [-0.2, 0) is 11.2 Å². The standard InChI is InChI=1S/C25H27N5O2/c1-31-22-8-4-7-19(27-22)21-14-26-25(30-21)20-13-17-16-5-2-3-6-18(16)28-24(17)23(29-20)15-9-11-32-12-10-15/h2-8,14-15,20,23,28-29H,9-13H2,1H3,(H,26,30)/t20-,23-/m1/s1. The molecule has 7 heteroatoms. The fourth-order valence-corrected chi connectivity index (χ4v) is 5.19. The second-order valence-corrected chi connectivity index (χ2v) is 8.66. The highest BCUT2D eigenvalue weighted by atomic mass is 16.5. The molecule has 7 nitrogen and oxygen atoms in total. The van der Waals surface area contributed by atoms with Crippen LogP contribution in [0.1, 0.15) is 42.0 Å². The van der Waals surface area contributed by atoms with Crippen LogP contribution in [0.5, 0.6) is 5.88 Å². The van der Waals surface area contributed by atoms with E-state index in [2.05, 4.69) is 44.5 Å². The van der Waals surface area contributed by atoms with Gasteiger partial charge in [0, 0.05) is 35.9 Å². The number of imidazole rings is 1. The van der Waals surface area contributed by atoms with Gasteiger partial charge in [0.2, 0.25) is 5.88 Å². The van der Waals surface area contributed by atoms with Gasteiger partial charge in [0.15, 0.2) is 0 Å².